The lowest BCUT2D eigenvalue weighted by Gasteiger charge is -2.34. The van der Waals surface area contributed by atoms with Gasteiger partial charge >= 0.3 is 0 Å². The summed E-state index contributed by atoms with van der Waals surface area (Å²) < 4.78 is 28.9. The molecule has 0 unspecified atom stereocenters. The van der Waals surface area contributed by atoms with E-state index in [1.165, 1.54) is 4.31 Å². The molecule has 31 heavy (non-hydrogen) atoms. The van der Waals surface area contributed by atoms with E-state index in [1.54, 1.807) is 35.2 Å². The first-order valence-corrected chi connectivity index (χ1v) is 11.7. The second-order valence-electron chi connectivity index (χ2n) is 7.79. The Hall–Kier alpha value is -2.97. The van der Waals surface area contributed by atoms with Crippen LogP contribution in [0.2, 0.25) is 0 Å². The van der Waals surface area contributed by atoms with Gasteiger partial charge in [-0.15, -0.1) is 0 Å². The number of aryl methyl sites for hydroxylation is 2. The maximum absolute atomic E-state index is 12.9. The van der Waals surface area contributed by atoms with Gasteiger partial charge in [-0.05, 0) is 49.7 Å². The summed E-state index contributed by atoms with van der Waals surface area (Å²) in [6.07, 6.45) is 0. The van der Waals surface area contributed by atoms with Crippen molar-refractivity contribution in [3.8, 4) is 0 Å². The molecule has 0 spiro atoms. The van der Waals surface area contributed by atoms with Gasteiger partial charge in [0.15, 0.2) is 0 Å². The van der Waals surface area contributed by atoms with Gasteiger partial charge in [0.1, 0.15) is 0 Å². The molecule has 0 atom stereocenters. The van der Waals surface area contributed by atoms with Gasteiger partial charge in [-0.25, -0.2) is 8.42 Å². The SMILES string of the molecule is Cc1cc(C)n(Cc2ccc(C(=O)N3CCN(S(=O)(=O)c4ccccc4)CC3)cc2)n1. The Kier molecular flexibility index (Phi) is 5.93. The summed E-state index contributed by atoms with van der Waals surface area (Å²) in [5.41, 5.74) is 3.76. The molecule has 4 rings (SSSR count). The van der Waals surface area contributed by atoms with Gasteiger partial charge in [-0.1, -0.05) is 30.3 Å². The monoisotopic (exact) mass is 438 g/mol. The van der Waals surface area contributed by atoms with Crippen LogP contribution < -0.4 is 0 Å². The number of carbonyl (C=O) groups is 1. The van der Waals surface area contributed by atoms with Crippen LogP contribution in [0.1, 0.15) is 27.3 Å². The van der Waals surface area contributed by atoms with Crippen molar-refractivity contribution in [1.29, 1.82) is 0 Å². The van der Waals surface area contributed by atoms with Crippen molar-refractivity contribution in [3.63, 3.8) is 0 Å². The van der Waals surface area contributed by atoms with Crippen molar-refractivity contribution in [2.45, 2.75) is 25.3 Å². The number of nitrogens with zero attached hydrogens (tertiary/aromatic N) is 4. The standard InChI is InChI=1S/C23H26N4O3S/c1-18-16-19(2)27(24-18)17-20-8-10-21(11-9-20)23(28)25-12-14-26(15-13-25)31(29,30)22-6-4-3-5-7-22/h3-11,16H,12-15,17H2,1-2H3. The molecule has 1 amide bonds. The van der Waals surface area contributed by atoms with Crippen molar-refractivity contribution >= 4 is 15.9 Å². The van der Waals surface area contributed by atoms with Crippen molar-refractivity contribution in [1.82, 2.24) is 19.0 Å². The molecule has 0 bridgehead atoms. The normalized spacial score (nSPS) is 15.2. The number of rotatable bonds is 5. The van der Waals surface area contributed by atoms with E-state index in [0.29, 0.717) is 38.3 Å². The molecule has 1 fully saturated rings. The zero-order valence-electron chi connectivity index (χ0n) is 17.7. The van der Waals surface area contributed by atoms with E-state index in [-0.39, 0.29) is 10.8 Å². The van der Waals surface area contributed by atoms with Gasteiger partial charge in [0.25, 0.3) is 5.91 Å². The van der Waals surface area contributed by atoms with Gasteiger partial charge in [-0.3, -0.25) is 9.48 Å². The molecule has 1 aromatic heterocycles. The topological polar surface area (TPSA) is 75.5 Å². The third-order valence-corrected chi connectivity index (χ3v) is 7.46. The molecule has 7 nitrogen and oxygen atoms in total. The molecular weight excluding hydrogens is 412 g/mol. The number of aromatic nitrogens is 2. The summed E-state index contributed by atoms with van der Waals surface area (Å²) in [5, 5.41) is 4.47. The quantitative estimate of drug-likeness (QED) is 0.614. The molecule has 0 radical (unpaired) electrons. The highest BCUT2D eigenvalue weighted by molar-refractivity contribution is 7.89. The van der Waals surface area contributed by atoms with E-state index in [0.717, 1.165) is 17.0 Å². The van der Waals surface area contributed by atoms with E-state index in [1.807, 2.05) is 48.9 Å². The van der Waals surface area contributed by atoms with E-state index in [2.05, 4.69) is 5.10 Å². The average Bonchev–Trinajstić information content (AvgIpc) is 3.11. The lowest BCUT2D eigenvalue weighted by atomic mass is 10.1. The third-order valence-electron chi connectivity index (χ3n) is 5.54. The molecule has 0 N–H and O–H groups in total. The zero-order valence-corrected chi connectivity index (χ0v) is 18.5. The highest BCUT2D eigenvalue weighted by Crippen LogP contribution is 2.18. The van der Waals surface area contributed by atoms with E-state index < -0.39 is 10.0 Å². The van der Waals surface area contributed by atoms with Crippen molar-refractivity contribution in [2.24, 2.45) is 0 Å². The predicted octanol–water partition coefficient (Wildman–Crippen LogP) is 2.69. The van der Waals surface area contributed by atoms with Crippen LogP contribution in [-0.2, 0) is 16.6 Å². The fourth-order valence-electron chi connectivity index (χ4n) is 3.82. The molecule has 2 aromatic carbocycles. The van der Waals surface area contributed by atoms with Crippen LogP contribution >= 0.6 is 0 Å². The molecule has 2 heterocycles. The van der Waals surface area contributed by atoms with Crippen LogP contribution in [-0.4, -0.2) is 59.5 Å². The number of hydrogen-bond acceptors (Lipinski definition) is 4. The number of amides is 1. The maximum atomic E-state index is 12.9. The Balaban J connectivity index is 1.38. The molecule has 0 saturated carbocycles. The van der Waals surface area contributed by atoms with Gasteiger partial charge in [0.05, 0.1) is 17.1 Å². The molecular formula is C23H26N4O3S. The highest BCUT2D eigenvalue weighted by Gasteiger charge is 2.30. The van der Waals surface area contributed by atoms with Crippen molar-refractivity contribution < 1.29 is 13.2 Å². The van der Waals surface area contributed by atoms with Crippen LogP contribution in [0, 0.1) is 13.8 Å². The Morgan fingerprint density at radius 2 is 1.58 bits per heavy atom. The average molecular weight is 439 g/mol. The summed E-state index contributed by atoms with van der Waals surface area (Å²) in [7, 11) is -3.53. The Labute approximate surface area is 183 Å². The number of hydrogen-bond donors (Lipinski definition) is 0. The Morgan fingerprint density at radius 1 is 0.935 bits per heavy atom. The number of carbonyl (C=O) groups excluding carboxylic acids is 1. The molecule has 8 heteroatoms. The minimum atomic E-state index is -3.53. The summed E-state index contributed by atoms with van der Waals surface area (Å²) >= 11 is 0. The van der Waals surface area contributed by atoms with Crippen LogP contribution in [0.25, 0.3) is 0 Å². The first kappa shape index (κ1) is 21.3. The minimum absolute atomic E-state index is 0.0746. The second-order valence-corrected chi connectivity index (χ2v) is 9.73. The van der Waals surface area contributed by atoms with E-state index in [4.69, 9.17) is 0 Å². The maximum Gasteiger partial charge on any atom is 0.253 e. The summed E-state index contributed by atoms with van der Waals surface area (Å²) in [5.74, 6) is -0.0746. The summed E-state index contributed by atoms with van der Waals surface area (Å²) in [6.45, 7) is 5.98. The van der Waals surface area contributed by atoms with Gasteiger partial charge in [0.2, 0.25) is 10.0 Å². The smallest absolute Gasteiger partial charge is 0.253 e. The molecule has 1 aliphatic rings. The van der Waals surface area contributed by atoms with Gasteiger partial charge < -0.3 is 4.90 Å². The fraction of sp³-hybridized carbons (Fsp3) is 0.304. The van der Waals surface area contributed by atoms with Crippen LogP contribution in [0.5, 0.6) is 0 Å². The van der Waals surface area contributed by atoms with Gasteiger partial charge in [0, 0.05) is 37.4 Å². The van der Waals surface area contributed by atoms with Crippen molar-refractivity contribution in [2.75, 3.05) is 26.2 Å². The minimum Gasteiger partial charge on any atom is -0.336 e. The third kappa shape index (κ3) is 4.55. The molecule has 3 aromatic rings. The first-order valence-electron chi connectivity index (χ1n) is 10.3. The van der Waals surface area contributed by atoms with Gasteiger partial charge in [-0.2, -0.15) is 9.40 Å². The largest absolute Gasteiger partial charge is 0.336 e. The lowest BCUT2D eigenvalue weighted by molar-refractivity contribution is 0.0698. The first-order chi connectivity index (χ1) is 14.8. The Morgan fingerprint density at radius 3 is 2.16 bits per heavy atom. The summed E-state index contributed by atoms with van der Waals surface area (Å²) in [6, 6.07) is 18.0. The number of sulfonamides is 1. The lowest BCUT2D eigenvalue weighted by Crippen LogP contribution is -2.50. The highest BCUT2D eigenvalue weighted by atomic mass is 32.2. The molecule has 1 saturated heterocycles. The van der Waals surface area contributed by atoms with Crippen LogP contribution in [0.15, 0.2) is 65.6 Å². The summed E-state index contributed by atoms with van der Waals surface area (Å²) in [4.78, 5) is 14.9. The van der Waals surface area contributed by atoms with E-state index in [9.17, 15) is 13.2 Å². The second kappa shape index (κ2) is 8.64. The fourth-order valence-corrected chi connectivity index (χ4v) is 5.26. The predicted molar refractivity (Wildman–Crippen MR) is 118 cm³/mol. The zero-order chi connectivity index (χ0) is 22.0. The van der Waals surface area contributed by atoms with E-state index >= 15 is 0 Å². The van der Waals surface area contributed by atoms with Crippen LogP contribution in [0.3, 0.4) is 0 Å². The van der Waals surface area contributed by atoms with Crippen LogP contribution in [0.4, 0.5) is 0 Å². The number of piperazine rings is 1. The Bertz CT molecular complexity index is 1160. The van der Waals surface area contributed by atoms with Crippen molar-refractivity contribution in [3.05, 3.63) is 83.2 Å². The molecule has 0 aliphatic carbocycles. The number of benzene rings is 2. The molecule has 1 aliphatic heterocycles. The molecule has 162 valence electrons.